The van der Waals surface area contributed by atoms with Crippen LogP contribution < -0.4 is 11.1 Å². The maximum absolute atomic E-state index is 13.2. The van der Waals surface area contributed by atoms with Crippen LogP contribution in [0, 0.1) is 11.8 Å². The van der Waals surface area contributed by atoms with Gasteiger partial charge in [-0.25, -0.2) is 4.79 Å². The standard InChI is InChI=1S/C28H37N3O8/c1-15-11-19-18(4)21(32)14-20(26(19)34)30-24(33)10-8-7-9-22(37-5)27(39-28(29)35)17(3)13-16(2)25(31-36)23(12-15)38-6/h7-10,13-16,22-23,27,36H,11-12H2,1-6H3,(H2,29,35)(H,30,33)/b9-7-,10-8+,17-13+,31-25+/t15-,16+,22+,23+,27+/m1/s1. The van der Waals surface area contributed by atoms with Crippen LogP contribution >= 0.6 is 0 Å². The molecule has 2 aliphatic rings. The summed E-state index contributed by atoms with van der Waals surface area (Å²) in [5, 5.41) is 15.9. The monoisotopic (exact) mass is 543 g/mol. The topological polar surface area (TPSA) is 167 Å². The van der Waals surface area contributed by atoms with Gasteiger partial charge in [-0.3, -0.25) is 14.4 Å². The molecule has 5 atom stereocenters. The summed E-state index contributed by atoms with van der Waals surface area (Å²) in [7, 11) is 2.90. The number of amides is 2. The van der Waals surface area contributed by atoms with E-state index in [4.69, 9.17) is 19.9 Å². The number of nitrogens with two attached hydrogens (primary N) is 1. The molecule has 0 saturated carbocycles. The molecular formula is C28H37N3O8. The van der Waals surface area contributed by atoms with Crippen LogP contribution in [-0.2, 0) is 28.6 Å². The highest BCUT2D eigenvalue weighted by Gasteiger charge is 2.31. The first-order valence-corrected chi connectivity index (χ1v) is 12.5. The molecule has 2 rings (SSSR count). The lowest BCUT2D eigenvalue weighted by molar-refractivity contribution is -0.119. The summed E-state index contributed by atoms with van der Waals surface area (Å²) >= 11 is 0. The largest absolute Gasteiger partial charge is 0.439 e. The van der Waals surface area contributed by atoms with Gasteiger partial charge in [0.1, 0.15) is 6.10 Å². The molecular weight excluding hydrogens is 506 g/mol. The minimum atomic E-state index is -1.01. The van der Waals surface area contributed by atoms with Gasteiger partial charge in [0.15, 0.2) is 11.9 Å². The molecule has 0 aromatic carbocycles. The van der Waals surface area contributed by atoms with E-state index in [0.717, 1.165) is 6.08 Å². The van der Waals surface area contributed by atoms with Gasteiger partial charge < -0.3 is 30.5 Å². The summed E-state index contributed by atoms with van der Waals surface area (Å²) < 4.78 is 16.5. The van der Waals surface area contributed by atoms with Crippen molar-refractivity contribution in [1.82, 2.24) is 5.32 Å². The van der Waals surface area contributed by atoms with Gasteiger partial charge in [0.2, 0.25) is 11.7 Å². The Labute approximate surface area is 228 Å². The number of oxime groups is 1. The third-order valence-corrected chi connectivity index (χ3v) is 6.67. The Bertz CT molecular complexity index is 1160. The predicted molar refractivity (Wildman–Crippen MR) is 144 cm³/mol. The molecule has 11 heteroatoms. The summed E-state index contributed by atoms with van der Waals surface area (Å²) in [4.78, 5) is 49.9. The Balaban J connectivity index is 2.58. The van der Waals surface area contributed by atoms with E-state index in [-0.39, 0.29) is 23.8 Å². The van der Waals surface area contributed by atoms with E-state index in [1.165, 1.54) is 32.4 Å². The number of carbonyl (C=O) groups is 4. The zero-order chi connectivity index (χ0) is 29.3. The van der Waals surface area contributed by atoms with E-state index in [1.807, 2.05) is 6.92 Å². The van der Waals surface area contributed by atoms with E-state index >= 15 is 0 Å². The molecule has 1 aliphatic heterocycles. The number of nitrogens with one attached hydrogen (secondary N) is 1. The summed E-state index contributed by atoms with van der Waals surface area (Å²) in [6.07, 6.45) is 5.82. The van der Waals surface area contributed by atoms with Gasteiger partial charge in [-0.1, -0.05) is 43.3 Å². The van der Waals surface area contributed by atoms with Crippen molar-refractivity contribution in [2.75, 3.05) is 14.2 Å². The number of carbonyl (C=O) groups excluding carboxylic acids is 4. The first-order chi connectivity index (χ1) is 18.4. The fourth-order valence-electron chi connectivity index (χ4n) is 4.62. The van der Waals surface area contributed by atoms with Gasteiger partial charge in [-0.05, 0) is 38.2 Å². The molecule has 212 valence electrons. The molecule has 0 radical (unpaired) electrons. The van der Waals surface area contributed by atoms with Crippen molar-refractivity contribution >= 4 is 29.3 Å². The van der Waals surface area contributed by atoms with Crippen molar-refractivity contribution in [2.24, 2.45) is 22.7 Å². The van der Waals surface area contributed by atoms with Crippen molar-refractivity contribution in [3.63, 3.8) is 0 Å². The van der Waals surface area contributed by atoms with Crippen molar-refractivity contribution in [3.8, 4) is 0 Å². The highest BCUT2D eigenvalue weighted by Crippen LogP contribution is 2.28. The number of hydrogen-bond donors (Lipinski definition) is 3. The molecule has 11 nitrogen and oxygen atoms in total. The zero-order valence-electron chi connectivity index (χ0n) is 23.1. The number of primary amides is 1. The lowest BCUT2D eigenvalue weighted by Crippen LogP contribution is -2.35. The van der Waals surface area contributed by atoms with Crippen LogP contribution in [0.1, 0.15) is 40.5 Å². The fraction of sp³-hybridized carbons (Fsp3) is 0.464. The quantitative estimate of drug-likeness (QED) is 0.211. The number of ether oxygens (including phenoxy) is 3. The fourth-order valence-corrected chi connectivity index (χ4v) is 4.62. The maximum Gasteiger partial charge on any atom is 0.405 e. The minimum absolute atomic E-state index is 0.108. The molecule has 0 aromatic rings. The zero-order valence-corrected chi connectivity index (χ0v) is 23.1. The lowest BCUT2D eigenvalue weighted by atomic mass is 9.84. The van der Waals surface area contributed by atoms with Crippen molar-refractivity contribution in [2.45, 2.75) is 58.8 Å². The first kappa shape index (κ1) is 31.4. The molecule has 0 unspecified atom stereocenters. The van der Waals surface area contributed by atoms with Crippen molar-refractivity contribution < 1.29 is 38.6 Å². The molecule has 39 heavy (non-hydrogen) atoms. The Morgan fingerprint density at radius 3 is 2.41 bits per heavy atom. The van der Waals surface area contributed by atoms with Gasteiger partial charge in [0.05, 0.1) is 17.5 Å². The second kappa shape index (κ2) is 14.4. The van der Waals surface area contributed by atoms with Gasteiger partial charge in [0.25, 0.3) is 0 Å². The Kier molecular flexibility index (Phi) is 11.6. The summed E-state index contributed by atoms with van der Waals surface area (Å²) in [5.41, 5.74) is 6.72. The van der Waals surface area contributed by atoms with E-state index in [0.29, 0.717) is 28.9 Å². The van der Waals surface area contributed by atoms with E-state index < -0.39 is 42.0 Å². The molecule has 2 amide bonds. The second-order valence-corrected chi connectivity index (χ2v) is 9.64. The third kappa shape index (κ3) is 8.33. The van der Waals surface area contributed by atoms with Crippen LogP contribution in [0.3, 0.4) is 0 Å². The number of methoxy groups -OCH3 is 2. The van der Waals surface area contributed by atoms with Gasteiger partial charge >= 0.3 is 6.09 Å². The van der Waals surface area contributed by atoms with E-state index in [9.17, 15) is 24.4 Å². The average Bonchev–Trinajstić information content (AvgIpc) is 2.87. The normalized spacial score (nSPS) is 31.7. The van der Waals surface area contributed by atoms with E-state index in [2.05, 4.69) is 10.5 Å². The van der Waals surface area contributed by atoms with Crippen molar-refractivity contribution in [1.29, 1.82) is 0 Å². The van der Waals surface area contributed by atoms with Gasteiger partial charge in [-0.15, -0.1) is 0 Å². The van der Waals surface area contributed by atoms with Crippen LogP contribution in [0.15, 0.2) is 64.0 Å². The van der Waals surface area contributed by atoms with Crippen LogP contribution in [0.25, 0.3) is 0 Å². The van der Waals surface area contributed by atoms with E-state index in [1.54, 1.807) is 32.9 Å². The van der Waals surface area contributed by atoms with Crippen LogP contribution in [0.4, 0.5) is 4.79 Å². The van der Waals surface area contributed by atoms with Crippen LogP contribution in [-0.4, -0.2) is 67.0 Å². The molecule has 1 heterocycles. The Hall–Kier alpha value is -3.83. The number of ketones is 2. The molecule has 1 aliphatic carbocycles. The third-order valence-electron chi connectivity index (χ3n) is 6.67. The minimum Gasteiger partial charge on any atom is -0.439 e. The van der Waals surface area contributed by atoms with Crippen molar-refractivity contribution in [3.05, 3.63) is 58.9 Å². The number of rotatable bonds is 3. The highest BCUT2D eigenvalue weighted by atomic mass is 16.6. The molecule has 2 bridgehead atoms. The van der Waals surface area contributed by atoms with Crippen LogP contribution in [0.5, 0.6) is 0 Å². The number of fused-ring (bicyclic) bond motifs is 2. The molecule has 0 aromatic heterocycles. The average molecular weight is 544 g/mol. The molecule has 0 fully saturated rings. The highest BCUT2D eigenvalue weighted by molar-refractivity contribution is 6.23. The Morgan fingerprint density at radius 2 is 1.82 bits per heavy atom. The summed E-state index contributed by atoms with van der Waals surface area (Å²) in [6.45, 7) is 6.99. The molecule has 4 N–H and O–H groups in total. The molecule has 0 spiro atoms. The second-order valence-electron chi connectivity index (χ2n) is 9.64. The smallest absolute Gasteiger partial charge is 0.405 e. The van der Waals surface area contributed by atoms with Gasteiger partial charge in [0, 0.05) is 43.4 Å². The lowest BCUT2D eigenvalue weighted by Gasteiger charge is -2.27. The SMILES string of the molecule is CO[C@H]1C[C@H](C)CC2=C(C)C(=O)C=C(NC(=O)/C=C/C=C\[C@H](OC)[C@@H](OC(N)=O)/C(C)=C/[C@H](C)/C1=N\O)C2=O. The van der Waals surface area contributed by atoms with Crippen LogP contribution in [0.2, 0.25) is 0 Å². The number of nitrogens with zero attached hydrogens (tertiary/aromatic N) is 1. The predicted octanol–water partition coefficient (Wildman–Crippen LogP) is 2.90. The summed E-state index contributed by atoms with van der Waals surface area (Å²) in [6, 6.07) is 0. The molecule has 0 saturated heterocycles. The number of Topliss-reactive ketones (excluding diaryl/α,β-unsaturated/α-hetero) is 1. The number of allylic oxidation sites excluding steroid dienone is 6. The Morgan fingerprint density at radius 1 is 1.13 bits per heavy atom. The van der Waals surface area contributed by atoms with Gasteiger partial charge in [-0.2, -0.15) is 0 Å². The number of hydrogen-bond acceptors (Lipinski definition) is 9. The summed E-state index contributed by atoms with van der Waals surface area (Å²) in [5.74, 6) is -2.03. The first-order valence-electron chi connectivity index (χ1n) is 12.5. The maximum atomic E-state index is 13.2.